The van der Waals surface area contributed by atoms with Gasteiger partial charge in [-0.15, -0.1) is 11.3 Å². The van der Waals surface area contributed by atoms with Gasteiger partial charge in [0.05, 0.1) is 10.2 Å². The second-order valence-electron chi connectivity index (χ2n) is 4.68. The number of aromatic nitrogens is 1. The van der Waals surface area contributed by atoms with Crippen LogP contribution in [0, 0.1) is 5.92 Å². The quantitative estimate of drug-likeness (QED) is 0.791. The Bertz CT molecular complexity index is 521. The van der Waals surface area contributed by atoms with Crippen molar-refractivity contribution in [3.8, 4) is 0 Å². The fourth-order valence-corrected chi connectivity index (χ4v) is 3.37. The summed E-state index contributed by atoms with van der Waals surface area (Å²) in [6.45, 7) is 6.77. The second-order valence-corrected chi connectivity index (χ2v) is 6.77. The zero-order chi connectivity index (χ0) is 13.1. The molecule has 2 aromatic rings. The molecular weight excluding hydrogens is 260 g/mol. The number of rotatable bonds is 5. The molecule has 0 aliphatic carbocycles. The lowest BCUT2D eigenvalue weighted by Crippen LogP contribution is -2.23. The highest BCUT2D eigenvalue weighted by Gasteiger charge is 2.10. The van der Waals surface area contributed by atoms with E-state index in [9.17, 15) is 0 Å². The summed E-state index contributed by atoms with van der Waals surface area (Å²) in [7, 11) is 0. The lowest BCUT2D eigenvalue weighted by molar-refractivity contribution is 0.495. The summed E-state index contributed by atoms with van der Waals surface area (Å²) in [4.78, 5) is 4.56. The summed E-state index contributed by atoms with van der Waals surface area (Å²) in [5.41, 5.74) is 2.30. The van der Waals surface area contributed by atoms with E-state index < -0.39 is 0 Å². The second kappa shape index (κ2) is 5.93. The predicted molar refractivity (Wildman–Crippen MR) is 83.9 cm³/mol. The van der Waals surface area contributed by atoms with E-state index in [0.717, 1.165) is 9.86 Å². The van der Waals surface area contributed by atoms with Gasteiger partial charge >= 0.3 is 0 Å². The monoisotopic (exact) mass is 280 g/mol. The van der Waals surface area contributed by atoms with Crippen molar-refractivity contribution in [2.45, 2.75) is 37.6 Å². The first-order chi connectivity index (χ1) is 8.63. The molecule has 0 bridgehead atoms. The van der Waals surface area contributed by atoms with Gasteiger partial charge in [-0.25, -0.2) is 4.98 Å². The number of nitrogens with one attached hydrogen (secondary N) is 1. The van der Waals surface area contributed by atoms with E-state index in [4.69, 9.17) is 0 Å². The van der Waals surface area contributed by atoms with Crippen LogP contribution in [0.2, 0.25) is 0 Å². The minimum atomic E-state index is 0.500. The minimum Gasteiger partial charge on any atom is -0.382 e. The van der Waals surface area contributed by atoms with Crippen LogP contribution in [0.15, 0.2) is 22.5 Å². The Morgan fingerprint density at radius 1 is 1.39 bits per heavy atom. The molecule has 1 heterocycles. The van der Waals surface area contributed by atoms with Crippen LogP contribution in [0.5, 0.6) is 0 Å². The Morgan fingerprint density at radius 3 is 2.83 bits per heavy atom. The maximum Gasteiger partial charge on any atom is 0.150 e. The van der Waals surface area contributed by atoms with E-state index >= 15 is 0 Å². The molecule has 4 heteroatoms. The molecule has 2 nitrogen and oxygen atoms in total. The molecule has 2 unspecified atom stereocenters. The van der Waals surface area contributed by atoms with Crippen molar-refractivity contribution >= 4 is 39.0 Å². The third-order valence-corrected chi connectivity index (χ3v) is 5.44. The number of benzene rings is 1. The average Bonchev–Trinajstić information content (AvgIpc) is 2.79. The number of fused-ring (bicyclic) bond motifs is 1. The van der Waals surface area contributed by atoms with Crippen molar-refractivity contribution in [3.05, 3.63) is 18.2 Å². The Labute approximate surface area is 117 Å². The van der Waals surface area contributed by atoms with Gasteiger partial charge in [0, 0.05) is 11.7 Å². The minimum absolute atomic E-state index is 0.500. The molecule has 0 fully saturated rings. The molecule has 18 heavy (non-hydrogen) atoms. The largest absolute Gasteiger partial charge is 0.382 e. The van der Waals surface area contributed by atoms with Gasteiger partial charge < -0.3 is 5.32 Å². The first-order valence-electron chi connectivity index (χ1n) is 6.35. The van der Waals surface area contributed by atoms with E-state index in [0.29, 0.717) is 12.0 Å². The highest BCUT2D eigenvalue weighted by Crippen LogP contribution is 2.30. The number of thiazole rings is 1. The van der Waals surface area contributed by atoms with E-state index in [2.05, 4.69) is 55.5 Å². The van der Waals surface area contributed by atoms with Gasteiger partial charge in [0.25, 0.3) is 0 Å². The fraction of sp³-hybridized carbons (Fsp3) is 0.500. The molecule has 98 valence electrons. The Balaban J connectivity index is 2.19. The van der Waals surface area contributed by atoms with Crippen molar-refractivity contribution in [3.63, 3.8) is 0 Å². The third kappa shape index (κ3) is 2.98. The standard InChI is InChI=1S/C14H20N2S2/c1-5-9(2)10(3)15-11-6-7-12-13(8-11)18-14(16-12)17-4/h6-10,15H,5H2,1-4H3. The van der Waals surface area contributed by atoms with Crippen molar-refractivity contribution in [1.29, 1.82) is 0 Å². The molecule has 0 spiro atoms. The highest BCUT2D eigenvalue weighted by molar-refractivity contribution is 8.00. The molecule has 1 N–H and O–H groups in total. The lowest BCUT2D eigenvalue weighted by Gasteiger charge is -2.21. The average molecular weight is 280 g/mol. The Kier molecular flexibility index (Phi) is 4.51. The van der Waals surface area contributed by atoms with Crippen LogP contribution in [-0.4, -0.2) is 17.3 Å². The first-order valence-corrected chi connectivity index (χ1v) is 8.39. The first kappa shape index (κ1) is 13.7. The van der Waals surface area contributed by atoms with Gasteiger partial charge in [0.15, 0.2) is 4.34 Å². The van der Waals surface area contributed by atoms with Crippen LogP contribution in [0.3, 0.4) is 0 Å². The predicted octanol–water partition coefficient (Wildman–Crippen LogP) is 4.86. The topological polar surface area (TPSA) is 24.9 Å². The maximum absolute atomic E-state index is 4.56. The fourth-order valence-electron chi connectivity index (χ4n) is 1.84. The van der Waals surface area contributed by atoms with E-state index in [1.165, 1.54) is 16.8 Å². The lowest BCUT2D eigenvalue weighted by atomic mass is 10.0. The van der Waals surface area contributed by atoms with Gasteiger partial charge in [-0.3, -0.25) is 0 Å². The summed E-state index contributed by atoms with van der Waals surface area (Å²) >= 11 is 3.47. The van der Waals surface area contributed by atoms with Crippen LogP contribution in [-0.2, 0) is 0 Å². The van der Waals surface area contributed by atoms with Gasteiger partial charge in [0.1, 0.15) is 0 Å². The van der Waals surface area contributed by atoms with Crippen LogP contribution in [0.4, 0.5) is 5.69 Å². The van der Waals surface area contributed by atoms with Crippen molar-refractivity contribution < 1.29 is 0 Å². The smallest absolute Gasteiger partial charge is 0.150 e. The SMILES string of the molecule is CCC(C)C(C)Nc1ccc2nc(SC)sc2c1. The third-order valence-electron chi connectivity index (χ3n) is 3.44. The number of nitrogens with zero attached hydrogens (tertiary/aromatic N) is 1. The van der Waals surface area contributed by atoms with E-state index in [1.54, 1.807) is 23.1 Å². The zero-order valence-electron chi connectivity index (χ0n) is 11.4. The number of thioether (sulfide) groups is 1. The summed E-state index contributed by atoms with van der Waals surface area (Å²) in [6, 6.07) is 6.95. The molecule has 0 aliphatic heterocycles. The summed E-state index contributed by atoms with van der Waals surface area (Å²) < 4.78 is 2.40. The molecule has 0 radical (unpaired) electrons. The number of anilines is 1. The van der Waals surface area contributed by atoms with Crippen LogP contribution < -0.4 is 5.32 Å². The van der Waals surface area contributed by atoms with E-state index in [1.807, 2.05) is 0 Å². The molecule has 0 saturated carbocycles. The molecule has 0 aliphatic rings. The maximum atomic E-state index is 4.56. The summed E-state index contributed by atoms with van der Waals surface area (Å²) in [5.74, 6) is 0.684. The molecule has 1 aromatic heterocycles. The van der Waals surface area contributed by atoms with Gasteiger partial charge in [-0.05, 0) is 37.3 Å². The highest BCUT2D eigenvalue weighted by atomic mass is 32.2. The summed E-state index contributed by atoms with van der Waals surface area (Å²) in [6.07, 6.45) is 3.27. The Hall–Kier alpha value is -0.740. The molecule has 2 rings (SSSR count). The Morgan fingerprint density at radius 2 is 2.17 bits per heavy atom. The van der Waals surface area contributed by atoms with Crippen molar-refractivity contribution in [2.75, 3.05) is 11.6 Å². The van der Waals surface area contributed by atoms with Crippen LogP contribution in [0.1, 0.15) is 27.2 Å². The molecule has 0 saturated heterocycles. The van der Waals surface area contributed by atoms with Crippen LogP contribution in [0.25, 0.3) is 10.2 Å². The van der Waals surface area contributed by atoms with Gasteiger partial charge in [-0.1, -0.05) is 32.0 Å². The molecule has 0 amide bonds. The van der Waals surface area contributed by atoms with Gasteiger partial charge in [0.2, 0.25) is 0 Å². The number of hydrogen-bond acceptors (Lipinski definition) is 4. The van der Waals surface area contributed by atoms with Crippen molar-refractivity contribution in [1.82, 2.24) is 4.98 Å². The number of hydrogen-bond donors (Lipinski definition) is 1. The molecular formula is C14H20N2S2. The normalized spacial score (nSPS) is 14.7. The van der Waals surface area contributed by atoms with E-state index in [-0.39, 0.29) is 0 Å². The molecule has 2 atom stereocenters. The molecule has 1 aromatic carbocycles. The van der Waals surface area contributed by atoms with Crippen molar-refractivity contribution in [2.24, 2.45) is 5.92 Å². The van der Waals surface area contributed by atoms with Crippen LogP contribution >= 0.6 is 23.1 Å². The summed E-state index contributed by atoms with van der Waals surface area (Å²) in [5, 5.41) is 3.58. The zero-order valence-corrected chi connectivity index (χ0v) is 13.0. The van der Waals surface area contributed by atoms with Gasteiger partial charge in [-0.2, -0.15) is 0 Å².